The van der Waals surface area contributed by atoms with Gasteiger partial charge in [-0.15, -0.1) is 0 Å². The lowest BCUT2D eigenvalue weighted by Gasteiger charge is -2.21. The highest BCUT2D eigenvalue weighted by molar-refractivity contribution is 7.72. The third-order valence-electron chi connectivity index (χ3n) is 3.39. The molecule has 0 aromatic heterocycles. The molecule has 0 saturated carbocycles. The summed E-state index contributed by atoms with van der Waals surface area (Å²) in [5.74, 6) is 0.311. The molecule has 122 valence electrons. The van der Waals surface area contributed by atoms with Crippen LogP contribution in [-0.4, -0.2) is 5.52 Å². The molecule has 0 radical (unpaired) electrons. The van der Waals surface area contributed by atoms with E-state index in [2.05, 4.69) is 0 Å². The summed E-state index contributed by atoms with van der Waals surface area (Å²) in [6.07, 6.45) is 0. The summed E-state index contributed by atoms with van der Waals surface area (Å²) < 4.78 is 24.4. The number of carbonyl (C=O) groups is 1. The van der Waals surface area contributed by atoms with Gasteiger partial charge in [-0.05, 0) is 37.1 Å². The van der Waals surface area contributed by atoms with E-state index in [0.29, 0.717) is 11.5 Å². The molecule has 2 aromatic carbocycles. The van der Waals surface area contributed by atoms with Gasteiger partial charge in [-0.1, -0.05) is 50.2 Å². The van der Waals surface area contributed by atoms with E-state index in [-0.39, 0.29) is 0 Å². The number of carbonyl (C=O) groups excluding carboxylic acids is 1. The molecular formula is C18H21O4P. The lowest BCUT2D eigenvalue weighted by Crippen LogP contribution is -2.16. The first-order valence-corrected chi connectivity index (χ1v) is 9.02. The Morgan fingerprint density at radius 2 is 1.26 bits per heavy atom. The van der Waals surface area contributed by atoms with Crippen molar-refractivity contribution in [1.29, 1.82) is 0 Å². The molecule has 0 aliphatic heterocycles. The number of hydrogen-bond acceptors (Lipinski definition) is 4. The first-order chi connectivity index (χ1) is 10.8. The van der Waals surface area contributed by atoms with Crippen LogP contribution in [0, 0.1) is 19.8 Å². The van der Waals surface area contributed by atoms with Crippen molar-refractivity contribution >= 4 is 13.1 Å². The highest BCUT2D eigenvalue weighted by atomic mass is 31.2. The summed E-state index contributed by atoms with van der Waals surface area (Å²) in [4.78, 5) is 12.5. The highest BCUT2D eigenvalue weighted by Gasteiger charge is 2.40. The predicted octanol–water partition coefficient (Wildman–Crippen LogP) is 5.14. The summed E-state index contributed by atoms with van der Waals surface area (Å²) in [6.45, 7) is 7.01. The maximum Gasteiger partial charge on any atom is 0.498 e. The Kier molecular flexibility index (Phi) is 5.27. The van der Waals surface area contributed by atoms with E-state index in [4.69, 9.17) is 9.05 Å². The SMILES string of the molecule is Cc1ccccc1OP(=O)(Oc1ccccc1C)C(=O)C(C)C. The van der Waals surface area contributed by atoms with Crippen LogP contribution in [0.1, 0.15) is 25.0 Å². The van der Waals surface area contributed by atoms with Crippen LogP contribution in [0.2, 0.25) is 0 Å². The number of rotatable bonds is 6. The molecular weight excluding hydrogens is 311 g/mol. The molecule has 0 amide bonds. The van der Waals surface area contributed by atoms with Crippen LogP contribution in [0.5, 0.6) is 11.5 Å². The first-order valence-electron chi connectivity index (χ1n) is 7.48. The van der Waals surface area contributed by atoms with Crippen molar-refractivity contribution in [1.82, 2.24) is 0 Å². The predicted molar refractivity (Wildman–Crippen MR) is 91.1 cm³/mol. The summed E-state index contributed by atoms with van der Waals surface area (Å²) in [5, 5.41) is 0. The highest BCUT2D eigenvalue weighted by Crippen LogP contribution is 2.52. The second kappa shape index (κ2) is 7.01. The summed E-state index contributed by atoms with van der Waals surface area (Å²) >= 11 is 0. The van der Waals surface area contributed by atoms with Gasteiger partial charge in [0.15, 0.2) is 0 Å². The average molecular weight is 332 g/mol. The standard InChI is InChI=1S/C18H21O4P/c1-13(2)18(19)23(20,21-16-11-7-5-9-14(16)3)22-17-12-8-6-10-15(17)4/h5-13H,1-4H3. The van der Waals surface area contributed by atoms with Gasteiger partial charge in [0.2, 0.25) is 0 Å². The van der Waals surface area contributed by atoms with Gasteiger partial charge in [0, 0.05) is 5.92 Å². The molecule has 0 aliphatic rings. The van der Waals surface area contributed by atoms with Crippen LogP contribution < -0.4 is 9.05 Å². The molecule has 0 N–H and O–H groups in total. The molecule has 2 aromatic rings. The lowest BCUT2D eigenvalue weighted by atomic mass is 10.2. The zero-order chi connectivity index (χ0) is 17.0. The Labute approximate surface area is 137 Å². The Bertz CT molecular complexity index is 701. The molecule has 0 saturated heterocycles. The smallest absolute Gasteiger partial charge is 0.411 e. The van der Waals surface area contributed by atoms with Gasteiger partial charge in [0.1, 0.15) is 11.5 Å². The van der Waals surface area contributed by atoms with Gasteiger partial charge >= 0.3 is 7.60 Å². The number of hydrogen-bond donors (Lipinski definition) is 0. The van der Waals surface area contributed by atoms with Gasteiger partial charge in [-0.2, -0.15) is 0 Å². The molecule has 23 heavy (non-hydrogen) atoms. The van der Waals surface area contributed by atoms with Gasteiger partial charge in [0.05, 0.1) is 0 Å². The molecule has 0 fully saturated rings. The van der Waals surface area contributed by atoms with Crippen molar-refractivity contribution in [3.63, 3.8) is 0 Å². The third-order valence-corrected chi connectivity index (χ3v) is 5.32. The zero-order valence-electron chi connectivity index (χ0n) is 13.8. The van der Waals surface area contributed by atoms with Crippen LogP contribution in [0.4, 0.5) is 0 Å². The topological polar surface area (TPSA) is 52.6 Å². The Hall–Kier alpha value is -2.06. The number of aryl methyl sites for hydroxylation is 2. The average Bonchev–Trinajstić information content (AvgIpc) is 2.51. The maximum absolute atomic E-state index is 13.2. The van der Waals surface area contributed by atoms with Gasteiger partial charge in [-0.25, -0.2) is 4.57 Å². The van der Waals surface area contributed by atoms with Crippen LogP contribution in [0.15, 0.2) is 48.5 Å². The quantitative estimate of drug-likeness (QED) is 0.688. The van der Waals surface area contributed by atoms with Crippen molar-refractivity contribution in [3.05, 3.63) is 59.7 Å². The van der Waals surface area contributed by atoms with E-state index < -0.39 is 19.0 Å². The molecule has 0 unspecified atom stereocenters. The lowest BCUT2D eigenvalue weighted by molar-refractivity contribution is -0.115. The Morgan fingerprint density at radius 3 is 1.61 bits per heavy atom. The van der Waals surface area contributed by atoms with Crippen molar-refractivity contribution in [2.75, 3.05) is 0 Å². The van der Waals surface area contributed by atoms with Gasteiger partial charge < -0.3 is 9.05 Å². The van der Waals surface area contributed by atoms with Crippen molar-refractivity contribution in [2.24, 2.45) is 5.92 Å². The Morgan fingerprint density at radius 1 is 0.870 bits per heavy atom. The molecule has 5 heteroatoms. The van der Waals surface area contributed by atoms with Crippen molar-refractivity contribution in [3.8, 4) is 11.5 Å². The van der Waals surface area contributed by atoms with E-state index in [1.54, 1.807) is 38.1 Å². The van der Waals surface area contributed by atoms with Crippen molar-refractivity contribution in [2.45, 2.75) is 27.7 Å². The molecule has 0 atom stereocenters. The zero-order valence-corrected chi connectivity index (χ0v) is 14.7. The number of benzene rings is 2. The largest absolute Gasteiger partial charge is 0.498 e. The summed E-state index contributed by atoms with van der Waals surface area (Å²) in [5.41, 5.74) is 1.04. The molecule has 0 aliphatic carbocycles. The molecule has 0 bridgehead atoms. The normalized spacial score (nSPS) is 11.3. The van der Waals surface area contributed by atoms with Crippen LogP contribution in [0.3, 0.4) is 0 Å². The van der Waals surface area contributed by atoms with E-state index in [9.17, 15) is 9.36 Å². The monoisotopic (exact) mass is 332 g/mol. The van der Waals surface area contributed by atoms with E-state index >= 15 is 0 Å². The molecule has 2 rings (SSSR count). The second-order valence-electron chi connectivity index (χ2n) is 5.70. The minimum atomic E-state index is -4.00. The van der Waals surface area contributed by atoms with E-state index in [1.807, 2.05) is 38.1 Å². The minimum Gasteiger partial charge on any atom is -0.411 e. The van der Waals surface area contributed by atoms with Gasteiger partial charge in [0.25, 0.3) is 5.52 Å². The molecule has 0 spiro atoms. The van der Waals surface area contributed by atoms with Crippen LogP contribution in [0.25, 0.3) is 0 Å². The fraction of sp³-hybridized carbons (Fsp3) is 0.278. The minimum absolute atomic E-state index is 0.387. The summed E-state index contributed by atoms with van der Waals surface area (Å²) in [6, 6.07) is 14.2. The Balaban J connectivity index is 2.41. The second-order valence-corrected chi connectivity index (χ2v) is 7.50. The van der Waals surface area contributed by atoms with Crippen LogP contribution in [-0.2, 0) is 9.36 Å². The maximum atomic E-state index is 13.2. The van der Waals surface area contributed by atoms with Crippen LogP contribution >= 0.6 is 7.60 Å². The molecule has 4 nitrogen and oxygen atoms in total. The van der Waals surface area contributed by atoms with E-state index in [0.717, 1.165) is 11.1 Å². The fourth-order valence-electron chi connectivity index (χ4n) is 2.00. The first kappa shape index (κ1) is 17.3. The van der Waals surface area contributed by atoms with Crippen molar-refractivity contribution < 1.29 is 18.4 Å². The molecule has 0 heterocycles. The third kappa shape index (κ3) is 4.02. The number of para-hydroxylation sites is 2. The summed E-state index contributed by atoms with van der Waals surface area (Å²) in [7, 11) is -4.00. The van der Waals surface area contributed by atoms with E-state index in [1.165, 1.54) is 0 Å². The van der Waals surface area contributed by atoms with Gasteiger partial charge in [-0.3, -0.25) is 4.79 Å². The fourth-order valence-corrected chi connectivity index (χ4v) is 3.78.